The number of carbonyl (C=O) groups excluding carboxylic acids is 1. The van der Waals surface area contributed by atoms with E-state index in [1.807, 2.05) is 12.1 Å². The summed E-state index contributed by atoms with van der Waals surface area (Å²) in [7, 11) is 1.43. The molecule has 5 heteroatoms. The smallest absolute Gasteiger partial charge is 0.250 e. The molecule has 0 aliphatic carbocycles. The van der Waals surface area contributed by atoms with Crippen molar-refractivity contribution in [2.45, 2.75) is 0 Å². The van der Waals surface area contributed by atoms with Crippen LogP contribution in [-0.4, -0.2) is 19.6 Å². The molecule has 0 spiro atoms. The number of hydrogen-bond donors (Lipinski definition) is 1. The fourth-order valence-electron chi connectivity index (χ4n) is 1.48. The number of fused-ring (bicyclic) bond motifs is 1. The number of nitrogens with one attached hydrogen (secondary N) is 1. The Kier molecular flexibility index (Phi) is 3.51. The molecule has 0 unspecified atom stereocenters. The van der Waals surface area contributed by atoms with Gasteiger partial charge in [0.25, 0.3) is 0 Å². The van der Waals surface area contributed by atoms with Gasteiger partial charge < -0.3 is 10.1 Å². The van der Waals surface area contributed by atoms with E-state index in [4.69, 9.17) is 4.74 Å². The molecule has 0 saturated heterocycles. The second-order valence-electron chi connectivity index (χ2n) is 3.46. The van der Waals surface area contributed by atoms with Crippen LogP contribution in [0.2, 0.25) is 0 Å². The molecule has 4 nitrogen and oxygen atoms in total. The number of amides is 1. The maximum atomic E-state index is 12.0. The maximum absolute atomic E-state index is 12.0. The minimum absolute atomic E-state index is 0.0586. The molecule has 1 N–H and O–H groups in total. The van der Waals surface area contributed by atoms with Crippen molar-refractivity contribution in [3.8, 4) is 0 Å². The summed E-state index contributed by atoms with van der Waals surface area (Å²) < 4.78 is 5.60. The molecule has 0 aliphatic heterocycles. The van der Waals surface area contributed by atoms with E-state index in [0.29, 0.717) is 11.1 Å². The van der Waals surface area contributed by atoms with Crippen LogP contribution in [0.5, 0.6) is 0 Å². The summed E-state index contributed by atoms with van der Waals surface area (Å²) in [6.45, 7) is -0.0586. The van der Waals surface area contributed by atoms with Gasteiger partial charge in [-0.25, -0.2) is 0 Å². The van der Waals surface area contributed by atoms with Crippen molar-refractivity contribution in [2.24, 2.45) is 0 Å². The van der Waals surface area contributed by atoms with E-state index in [1.54, 1.807) is 17.5 Å². The van der Waals surface area contributed by atoms with Crippen molar-refractivity contribution in [3.05, 3.63) is 39.9 Å². The summed E-state index contributed by atoms with van der Waals surface area (Å²) in [4.78, 5) is 23.3. The van der Waals surface area contributed by atoms with Gasteiger partial charge in [-0.15, -0.1) is 11.3 Å². The largest absolute Gasteiger partial charge is 0.375 e. The highest BCUT2D eigenvalue weighted by atomic mass is 32.1. The second-order valence-corrected chi connectivity index (χ2v) is 4.37. The van der Waals surface area contributed by atoms with Gasteiger partial charge in [-0.05, 0) is 12.1 Å². The third-order valence-electron chi connectivity index (χ3n) is 2.23. The first-order valence-electron chi connectivity index (χ1n) is 5.01. The van der Waals surface area contributed by atoms with E-state index in [0.717, 1.165) is 4.70 Å². The first kappa shape index (κ1) is 11.8. The van der Waals surface area contributed by atoms with Crippen LogP contribution in [0, 0.1) is 0 Å². The Labute approximate surface area is 102 Å². The van der Waals surface area contributed by atoms with Crippen LogP contribution in [0.4, 0.5) is 5.69 Å². The lowest BCUT2D eigenvalue weighted by Crippen LogP contribution is -2.21. The van der Waals surface area contributed by atoms with Crippen molar-refractivity contribution in [1.82, 2.24) is 0 Å². The molecule has 1 heterocycles. The fraction of sp³-hybridized carbons (Fsp3) is 0.167. The van der Waals surface area contributed by atoms with Gasteiger partial charge in [-0.2, -0.15) is 0 Å². The lowest BCUT2D eigenvalue weighted by Gasteiger charge is -2.04. The molecule has 0 bridgehead atoms. The number of anilines is 1. The molecule has 0 saturated carbocycles. The average molecular weight is 249 g/mol. The van der Waals surface area contributed by atoms with Crippen LogP contribution < -0.4 is 10.7 Å². The number of rotatable bonds is 3. The van der Waals surface area contributed by atoms with Crippen LogP contribution in [-0.2, 0) is 9.53 Å². The summed E-state index contributed by atoms with van der Waals surface area (Å²) in [5.74, 6) is -0.327. The molecule has 1 amide bonds. The molecule has 17 heavy (non-hydrogen) atoms. The van der Waals surface area contributed by atoms with Gasteiger partial charge in [0, 0.05) is 22.6 Å². The van der Waals surface area contributed by atoms with Crippen LogP contribution in [0.3, 0.4) is 0 Å². The molecule has 88 valence electrons. The van der Waals surface area contributed by atoms with E-state index in [2.05, 4.69) is 5.32 Å². The zero-order valence-corrected chi connectivity index (χ0v) is 10.0. The van der Waals surface area contributed by atoms with E-state index in [-0.39, 0.29) is 17.9 Å². The summed E-state index contributed by atoms with van der Waals surface area (Å²) in [5.41, 5.74) is 0.138. The lowest BCUT2D eigenvalue weighted by atomic mass is 10.2. The summed E-state index contributed by atoms with van der Waals surface area (Å²) >= 11 is 1.42. The van der Waals surface area contributed by atoms with Gasteiger partial charge >= 0.3 is 0 Å². The predicted molar refractivity (Wildman–Crippen MR) is 68.6 cm³/mol. The Morgan fingerprint density at radius 3 is 2.94 bits per heavy atom. The van der Waals surface area contributed by atoms with Crippen molar-refractivity contribution in [3.63, 3.8) is 0 Å². The molecule has 1 aromatic carbocycles. The van der Waals surface area contributed by atoms with Crippen molar-refractivity contribution < 1.29 is 9.53 Å². The molecule has 0 aliphatic rings. The lowest BCUT2D eigenvalue weighted by molar-refractivity contribution is -0.119. The van der Waals surface area contributed by atoms with Gasteiger partial charge in [0.05, 0.1) is 5.69 Å². The van der Waals surface area contributed by atoms with E-state index in [9.17, 15) is 9.59 Å². The standard InChI is InChI=1S/C12H11NO3S/c1-16-6-11(14)13-9-7-17-10-5-3-2-4-8(10)12(9)15/h2-5,7H,6H2,1H3,(H,13,14). The van der Waals surface area contributed by atoms with Crippen molar-refractivity contribution in [1.29, 1.82) is 0 Å². The van der Waals surface area contributed by atoms with Gasteiger partial charge in [0.15, 0.2) is 0 Å². The first-order chi connectivity index (χ1) is 8.22. The summed E-state index contributed by atoms with van der Waals surface area (Å²) in [6.07, 6.45) is 0. The van der Waals surface area contributed by atoms with Gasteiger partial charge in [0.2, 0.25) is 11.3 Å². The van der Waals surface area contributed by atoms with Gasteiger partial charge in [0.1, 0.15) is 6.61 Å². The highest BCUT2D eigenvalue weighted by Crippen LogP contribution is 2.18. The number of benzene rings is 1. The third-order valence-corrected chi connectivity index (χ3v) is 3.19. The topological polar surface area (TPSA) is 55.4 Å². The quantitative estimate of drug-likeness (QED) is 0.903. The average Bonchev–Trinajstić information content (AvgIpc) is 2.33. The molecule has 1 aromatic heterocycles. The number of ether oxygens (including phenoxy) is 1. The molecule has 0 fully saturated rings. The number of hydrogen-bond acceptors (Lipinski definition) is 4. The zero-order valence-electron chi connectivity index (χ0n) is 9.23. The Balaban J connectivity index is 2.39. The maximum Gasteiger partial charge on any atom is 0.250 e. The summed E-state index contributed by atoms with van der Waals surface area (Å²) in [6, 6.07) is 7.31. The van der Waals surface area contributed by atoms with Crippen LogP contribution in [0.25, 0.3) is 10.1 Å². The zero-order chi connectivity index (χ0) is 12.3. The molecular weight excluding hydrogens is 238 g/mol. The van der Waals surface area contributed by atoms with Crippen LogP contribution in [0.1, 0.15) is 0 Å². The minimum Gasteiger partial charge on any atom is -0.375 e. The van der Waals surface area contributed by atoms with E-state index < -0.39 is 0 Å². The van der Waals surface area contributed by atoms with E-state index >= 15 is 0 Å². The highest BCUT2D eigenvalue weighted by Gasteiger charge is 2.07. The highest BCUT2D eigenvalue weighted by molar-refractivity contribution is 7.16. The Morgan fingerprint density at radius 1 is 1.41 bits per heavy atom. The Hall–Kier alpha value is -1.72. The predicted octanol–water partition coefficient (Wildman–Crippen LogP) is 1.85. The Bertz CT molecular complexity index is 606. The second kappa shape index (κ2) is 5.07. The van der Waals surface area contributed by atoms with E-state index in [1.165, 1.54) is 18.4 Å². The number of methoxy groups -OCH3 is 1. The van der Waals surface area contributed by atoms with Crippen molar-refractivity contribution >= 4 is 33.0 Å². The molecule has 2 aromatic rings. The fourth-order valence-corrected chi connectivity index (χ4v) is 2.34. The van der Waals surface area contributed by atoms with Crippen molar-refractivity contribution in [2.75, 3.05) is 19.0 Å². The Morgan fingerprint density at radius 2 is 2.18 bits per heavy atom. The third kappa shape index (κ3) is 2.51. The molecular formula is C12H11NO3S. The van der Waals surface area contributed by atoms with Crippen LogP contribution >= 0.6 is 11.3 Å². The van der Waals surface area contributed by atoms with Gasteiger partial charge in [-0.1, -0.05) is 12.1 Å². The van der Waals surface area contributed by atoms with Gasteiger partial charge in [-0.3, -0.25) is 9.59 Å². The normalized spacial score (nSPS) is 10.4. The first-order valence-corrected chi connectivity index (χ1v) is 5.89. The van der Waals surface area contributed by atoms with Crippen LogP contribution in [0.15, 0.2) is 34.4 Å². The monoisotopic (exact) mass is 249 g/mol. The number of carbonyl (C=O) groups is 1. The SMILES string of the molecule is COCC(=O)Nc1csc2ccccc2c1=O. The minimum atomic E-state index is -0.327. The molecule has 0 atom stereocenters. The molecule has 2 rings (SSSR count). The summed E-state index contributed by atoms with van der Waals surface area (Å²) in [5, 5.41) is 4.81. The molecule has 0 radical (unpaired) electrons.